The van der Waals surface area contributed by atoms with Gasteiger partial charge in [0.05, 0.1) is 19.8 Å². The van der Waals surface area contributed by atoms with E-state index in [1.54, 1.807) is 4.88 Å². The monoisotopic (exact) mass is 241 g/mol. The van der Waals surface area contributed by atoms with Crippen molar-refractivity contribution in [1.29, 1.82) is 0 Å². The molecule has 1 aliphatic rings. The lowest BCUT2D eigenvalue weighted by Crippen LogP contribution is -2.35. The third-order valence-corrected chi connectivity index (χ3v) is 4.16. The van der Waals surface area contributed by atoms with Crippen LogP contribution >= 0.6 is 11.3 Å². The second-order valence-electron chi connectivity index (χ2n) is 4.10. The number of aliphatic hydroxyl groups is 1. The van der Waals surface area contributed by atoms with E-state index in [9.17, 15) is 0 Å². The van der Waals surface area contributed by atoms with Gasteiger partial charge < -0.3 is 9.84 Å². The third-order valence-electron chi connectivity index (χ3n) is 3.16. The van der Waals surface area contributed by atoms with Gasteiger partial charge in [0.15, 0.2) is 0 Å². The average molecular weight is 241 g/mol. The van der Waals surface area contributed by atoms with Crippen molar-refractivity contribution in [3.63, 3.8) is 0 Å². The zero-order valence-electron chi connectivity index (χ0n) is 9.69. The topological polar surface area (TPSA) is 32.7 Å². The van der Waals surface area contributed by atoms with E-state index in [1.807, 2.05) is 11.3 Å². The minimum Gasteiger partial charge on any atom is -0.394 e. The van der Waals surface area contributed by atoms with E-state index in [-0.39, 0.29) is 6.61 Å². The van der Waals surface area contributed by atoms with Crippen molar-refractivity contribution in [2.24, 2.45) is 0 Å². The van der Waals surface area contributed by atoms with Gasteiger partial charge in [-0.25, -0.2) is 0 Å². The number of hydrogen-bond acceptors (Lipinski definition) is 4. The van der Waals surface area contributed by atoms with Gasteiger partial charge in [-0.05, 0) is 30.4 Å². The highest BCUT2D eigenvalue weighted by atomic mass is 32.1. The fourth-order valence-corrected chi connectivity index (χ4v) is 3.18. The van der Waals surface area contributed by atoms with Gasteiger partial charge in [0.2, 0.25) is 0 Å². The van der Waals surface area contributed by atoms with Crippen molar-refractivity contribution in [2.75, 3.05) is 32.9 Å². The number of rotatable bonds is 5. The predicted octanol–water partition coefficient (Wildman–Crippen LogP) is 1.68. The quantitative estimate of drug-likeness (QED) is 0.796. The van der Waals surface area contributed by atoms with Gasteiger partial charge in [-0.3, -0.25) is 4.90 Å². The first-order valence-electron chi connectivity index (χ1n) is 5.82. The second-order valence-corrected chi connectivity index (χ2v) is 5.10. The molecule has 1 aromatic rings. The lowest BCUT2D eigenvalue weighted by Gasteiger charge is -2.33. The van der Waals surface area contributed by atoms with Crippen molar-refractivity contribution < 1.29 is 9.84 Å². The summed E-state index contributed by atoms with van der Waals surface area (Å²) in [5, 5.41) is 10.8. The SMILES string of the molecule is CC1c2ccsc2CCN1CCOCCO. The average Bonchev–Trinajstić information content (AvgIpc) is 2.76. The molecule has 1 unspecified atom stereocenters. The van der Waals surface area contributed by atoms with Crippen LogP contribution in [0.25, 0.3) is 0 Å². The molecule has 0 spiro atoms. The summed E-state index contributed by atoms with van der Waals surface area (Å²) in [6.45, 7) is 5.62. The van der Waals surface area contributed by atoms with Crippen LogP contribution in [0.3, 0.4) is 0 Å². The Morgan fingerprint density at radius 2 is 2.44 bits per heavy atom. The summed E-state index contributed by atoms with van der Waals surface area (Å²) in [5.41, 5.74) is 1.48. The molecule has 0 saturated carbocycles. The molecule has 0 fully saturated rings. The molecular formula is C12H19NO2S. The molecule has 0 bridgehead atoms. The molecule has 16 heavy (non-hydrogen) atoms. The van der Waals surface area contributed by atoms with Gasteiger partial charge in [0.1, 0.15) is 0 Å². The van der Waals surface area contributed by atoms with Gasteiger partial charge >= 0.3 is 0 Å². The highest BCUT2D eigenvalue weighted by Crippen LogP contribution is 2.32. The summed E-state index contributed by atoms with van der Waals surface area (Å²) in [5.74, 6) is 0. The van der Waals surface area contributed by atoms with Gasteiger partial charge in [-0.1, -0.05) is 0 Å². The molecule has 2 heterocycles. The van der Waals surface area contributed by atoms with E-state index in [0.717, 1.165) is 19.5 Å². The van der Waals surface area contributed by atoms with Crippen LogP contribution in [-0.2, 0) is 11.2 Å². The van der Waals surface area contributed by atoms with Crippen molar-refractivity contribution >= 4 is 11.3 Å². The maximum atomic E-state index is 8.62. The van der Waals surface area contributed by atoms with Crippen LogP contribution in [0.5, 0.6) is 0 Å². The number of ether oxygens (including phenoxy) is 1. The summed E-state index contributed by atoms with van der Waals surface area (Å²) in [7, 11) is 0. The molecule has 1 N–H and O–H groups in total. The lowest BCUT2D eigenvalue weighted by molar-refractivity contribution is 0.0631. The van der Waals surface area contributed by atoms with Crippen molar-refractivity contribution in [2.45, 2.75) is 19.4 Å². The minimum absolute atomic E-state index is 0.115. The maximum absolute atomic E-state index is 8.62. The number of aliphatic hydroxyl groups excluding tert-OH is 1. The summed E-state index contributed by atoms with van der Waals surface area (Å²) in [6.07, 6.45) is 1.16. The van der Waals surface area contributed by atoms with Crippen LogP contribution < -0.4 is 0 Å². The summed E-state index contributed by atoms with van der Waals surface area (Å²) < 4.78 is 5.31. The van der Waals surface area contributed by atoms with E-state index < -0.39 is 0 Å². The standard InChI is InChI=1S/C12H19NO2S/c1-10-11-3-9-16-12(11)2-4-13(10)5-7-15-8-6-14/h3,9-10,14H,2,4-8H2,1H3. The summed E-state index contributed by atoms with van der Waals surface area (Å²) >= 11 is 1.87. The maximum Gasteiger partial charge on any atom is 0.0698 e. The molecule has 0 amide bonds. The lowest BCUT2D eigenvalue weighted by atomic mass is 10.0. The van der Waals surface area contributed by atoms with E-state index in [1.165, 1.54) is 5.56 Å². The van der Waals surface area contributed by atoms with Crippen LogP contribution in [0.15, 0.2) is 11.4 Å². The Hall–Kier alpha value is -0.420. The molecule has 3 nitrogen and oxygen atoms in total. The van der Waals surface area contributed by atoms with Gasteiger partial charge in [-0.2, -0.15) is 0 Å². The van der Waals surface area contributed by atoms with Gasteiger partial charge in [0.25, 0.3) is 0 Å². The molecule has 2 rings (SSSR count). The van der Waals surface area contributed by atoms with E-state index in [0.29, 0.717) is 19.3 Å². The van der Waals surface area contributed by atoms with Crippen LogP contribution in [0.2, 0.25) is 0 Å². The number of nitrogens with zero attached hydrogens (tertiary/aromatic N) is 1. The Balaban J connectivity index is 1.84. The van der Waals surface area contributed by atoms with Crippen LogP contribution in [0.1, 0.15) is 23.4 Å². The molecule has 1 atom stereocenters. The summed E-state index contributed by atoms with van der Waals surface area (Å²) in [4.78, 5) is 3.99. The molecule has 1 aliphatic heterocycles. The third kappa shape index (κ3) is 2.63. The molecule has 90 valence electrons. The molecule has 1 aromatic heterocycles. The van der Waals surface area contributed by atoms with Crippen LogP contribution in [0, 0.1) is 0 Å². The van der Waals surface area contributed by atoms with Crippen molar-refractivity contribution in [1.82, 2.24) is 4.90 Å². The van der Waals surface area contributed by atoms with E-state index in [4.69, 9.17) is 9.84 Å². The van der Waals surface area contributed by atoms with E-state index in [2.05, 4.69) is 23.3 Å². The van der Waals surface area contributed by atoms with Gasteiger partial charge in [-0.15, -0.1) is 11.3 Å². The minimum atomic E-state index is 0.115. The molecule has 0 saturated heterocycles. The number of hydrogen-bond donors (Lipinski definition) is 1. The Kier molecular flexibility index (Phi) is 4.35. The molecule has 0 aromatic carbocycles. The zero-order chi connectivity index (χ0) is 11.4. The smallest absolute Gasteiger partial charge is 0.0698 e. The normalized spacial score (nSPS) is 21.0. The first kappa shape index (κ1) is 12.0. The highest BCUT2D eigenvalue weighted by molar-refractivity contribution is 7.10. The predicted molar refractivity (Wildman–Crippen MR) is 65.9 cm³/mol. The van der Waals surface area contributed by atoms with E-state index >= 15 is 0 Å². The Morgan fingerprint density at radius 3 is 3.25 bits per heavy atom. The van der Waals surface area contributed by atoms with Crippen molar-refractivity contribution in [3.05, 3.63) is 21.9 Å². The molecule has 0 aliphatic carbocycles. The number of thiophene rings is 1. The first-order valence-corrected chi connectivity index (χ1v) is 6.70. The first-order chi connectivity index (χ1) is 7.83. The van der Waals surface area contributed by atoms with Crippen LogP contribution in [-0.4, -0.2) is 42.9 Å². The number of fused-ring (bicyclic) bond motifs is 1. The fraction of sp³-hybridized carbons (Fsp3) is 0.667. The highest BCUT2D eigenvalue weighted by Gasteiger charge is 2.23. The Labute approximate surface area is 101 Å². The molecule has 4 heteroatoms. The fourth-order valence-electron chi connectivity index (χ4n) is 2.22. The molecular weight excluding hydrogens is 222 g/mol. The van der Waals surface area contributed by atoms with Crippen molar-refractivity contribution in [3.8, 4) is 0 Å². The Morgan fingerprint density at radius 1 is 1.56 bits per heavy atom. The summed E-state index contributed by atoms with van der Waals surface area (Å²) in [6, 6.07) is 2.75. The van der Waals surface area contributed by atoms with Crippen LogP contribution in [0.4, 0.5) is 0 Å². The molecule has 0 radical (unpaired) electrons. The second kappa shape index (κ2) is 5.77. The van der Waals surface area contributed by atoms with Gasteiger partial charge in [0, 0.05) is 24.0 Å². The zero-order valence-corrected chi connectivity index (χ0v) is 10.5. The largest absolute Gasteiger partial charge is 0.394 e. The Bertz CT molecular complexity index is 327.